The lowest BCUT2D eigenvalue weighted by Crippen LogP contribution is -2.00. The van der Waals surface area contributed by atoms with Gasteiger partial charge >= 0.3 is 0 Å². The highest BCUT2D eigenvalue weighted by atomic mass is 35.5. The van der Waals surface area contributed by atoms with Gasteiger partial charge in [0.2, 0.25) is 0 Å². The van der Waals surface area contributed by atoms with E-state index in [1.54, 1.807) is 29.1 Å². The molecule has 1 aromatic heterocycles. The van der Waals surface area contributed by atoms with E-state index in [1.807, 2.05) is 18.2 Å². The number of hydrogen-bond acceptors (Lipinski definition) is 2. The summed E-state index contributed by atoms with van der Waals surface area (Å²) in [6, 6.07) is 13.7. The van der Waals surface area contributed by atoms with Crippen molar-refractivity contribution in [1.82, 2.24) is 9.78 Å². The second-order valence-corrected chi connectivity index (χ2v) is 5.14. The molecule has 0 aliphatic carbocycles. The molecule has 0 saturated carbocycles. The van der Waals surface area contributed by atoms with Crippen molar-refractivity contribution < 1.29 is 4.39 Å². The third-order valence-corrected chi connectivity index (χ3v) is 3.51. The lowest BCUT2D eigenvalue weighted by atomic mass is 10.1. The van der Waals surface area contributed by atoms with Crippen LogP contribution in [0, 0.1) is 5.82 Å². The number of benzene rings is 2. The summed E-state index contributed by atoms with van der Waals surface area (Å²) in [6.07, 6.45) is 1.75. The molecule has 2 N–H and O–H groups in total. The van der Waals surface area contributed by atoms with Crippen LogP contribution < -0.4 is 5.73 Å². The molecule has 106 valence electrons. The average molecular weight is 302 g/mol. The first-order valence-corrected chi connectivity index (χ1v) is 6.83. The van der Waals surface area contributed by atoms with Gasteiger partial charge in [0.1, 0.15) is 11.5 Å². The number of hydrogen-bond donors (Lipinski definition) is 1. The quantitative estimate of drug-likeness (QED) is 0.795. The molecule has 0 spiro atoms. The van der Waals surface area contributed by atoms with Crippen LogP contribution in [0.15, 0.2) is 54.7 Å². The van der Waals surface area contributed by atoms with Crippen LogP contribution in [0.5, 0.6) is 0 Å². The summed E-state index contributed by atoms with van der Waals surface area (Å²) in [4.78, 5) is 0. The molecule has 0 radical (unpaired) electrons. The summed E-state index contributed by atoms with van der Waals surface area (Å²) < 4.78 is 14.6. The molecule has 0 fully saturated rings. The number of halogens is 2. The normalized spacial score (nSPS) is 10.8. The fourth-order valence-corrected chi connectivity index (χ4v) is 2.38. The molecule has 3 nitrogen and oxygen atoms in total. The first-order chi connectivity index (χ1) is 10.1. The summed E-state index contributed by atoms with van der Waals surface area (Å²) in [7, 11) is 0. The van der Waals surface area contributed by atoms with Crippen molar-refractivity contribution in [2.24, 2.45) is 0 Å². The number of anilines is 1. The van der Waals surface area contributed by atoms with Crippen molar-refractivity contribution in [3.8, 4) is 11.3 Å². The Bertz CT molecular complexity index is 765. The molecular weight excluding hydrogens is 289 g/mol. The molecule has 0 aliphatic rings. The molecule has 5 heteroatoms. The van der Waals surface area contributed by atoms with Gasteiger partial charge in [-0.05, 0) is 23.8 Å². The Labute approximate surface area is 126 Å². The molecule has 0 amide bonds. The van der Waals surface area contributed by atoms with E-state index in [2.05, 4.69) is 5.10 Å². The summed E-state index contributed by atoms with van der Waals surface area (Å²) in [5.74, 6) is -0.254. The third-order valence-electron chi connectivity index (χ3n) is 3.18. The Morgan fingerprint density at radius 3 is 2.52 bits per heavy atom. The number of nitrogens with two attached hydrogens (primary N) is 1. The van der Waals surface area contributed by atoms with Crippen LogP contribution in [0.25, 0.3) is 11.3 Å². The Morgan fingerprint density at radius 1 is 1.10 bits per heavy atom. The standard InChI is InChI=1S/C16H13ClFN3/c17-14-4-2-1-3-13(14)16-15(19)10-21(20-16)9-11-5-7-12(18)8-6-11/h1-8,10H,9,19H2. The van der Waals surface area contributed by atoms with Gasteiger partial charge < -0.3 is 5.73 Å². The molecule has 2 aromatic carbocycles. The lowest BCUT2D eigenvalue weighted by molar-refractivity contribution is 0.624. The zero-order chi connectivity index (χ0) is 14.8. The van der Waals surface area contributed by atoms with E-state index in [0.29, 0.717) is 22.9 Å². The molecule has 0 saturated heterocycles. The number of nitrogens with zero attached hydrogens (tertiary/aromatic N) is 2. The second kappa shape index (κ2) is 5.58. The molecule has 0 bridgehead atoms. The van der Waals surface area contributed by atoms with E-state index in [0.717, 1.165) is 11.1 Å². The van der Waals surface area contributed by atoms with E-state index in [1.165, 1.54) is 12.1 Å². The minimum atomic E-state index is -0.254. The van der Waals surface area contributed by atoms with E-state index < -0.39 is 0 Å². The van der Waals surface area contributed by atoms with E-state index >= 15 is 0 Å². The predicted molar refractivity (Wildman–Crippen MR) is 82.6 cm³/mol. The highest BCUT2D eigenvalue weighted by molar-refractivity contribution is 6.33. The maximum atomic E-state index is 12.9. The highest BCUT2D eigenvalue weighted by Gasteiger charge is 2.11. The first-order valence-electron chi connectivity index (χ1n) is 6.46. The van der Waals surface area contributed by atoms with E-state index in [9.17, 15) is 4.39 Å². The Balaban J connectivity index is 1.91. The van der Waals surface area contributed by atoms with Crippen molar-refractivity contribution in [3.63, 3.8) is 0 Å². The van der Waals surface area contributed by atoms with Crippen molar-refractivity contribution >= 4 is 17.3 Å². The Hall–Kier alpha value is -2.33. The van der Waals surface area contributed by atoms with Crippen molar-refractivity contribution in [2.75, 3.05) is 5.73 Å². The van der Waals surface area contributed by atoms with Gasteiger partial charge in [-0.15, -0.1) is 0 Å². The third kappa shape index (κ3) is 2.90. The Morgan fingerprint density at radius 2 is 1.81 bits per heavy atom. The van der Waals surface area contributed by atoms with Gasteiger partial charge in [0.25, 0.3) is 0 Å². The van der Waals surface area contributed by atoms with Crippen LogP contribution in [-0.4, -0.2) is 9.78 Å². The van der Waals surface area contributed by atoms with Gasteiger partial charge in [-0.25, -0.2) is 4.39 Å². The number of aromatic nitrogens is 2. The van der Waals surface area contributed by atoms with Crippen LogP contribution in [-0.2, 0) is 6.54 Å². The maximum Gasteiger partial charge on any atom is 0.123 e. The minimum absolute atomic E-state index is 0.254. The van der Waals surface area contributed by atoms with E-state index in [-0.39, 0.29) is 5.82 Å². The summed E-state index contributed by atoms with van der Waals surface area (Å²) in [6.45, 7) is 0.523. The van der Waals surface area contributed by atoms with Crippen molar-refractivity contribution in [1.29, 1.82) is 0 Å². The minimum Gasteiger partial charge on any atom is -0.396 e. The highest BCUT2D eigenvalue weighted by Crippen LogP contribution is 2.30. The molecule has 3 aromatic rings. The van der Waals surface area contributed by atoms with Crippen LogP contribution in [0.1, 0.15) is 5.56 Å². The summed E-state index contributed by atoms with van der Waals surface area (Å²) in [5.41, 5.74) is 8.98. The monoisotopic (exact) mass is 301 g/mol. The molecule has 1 heterocycles. The lowest BCUT2D eigenvalue weighted by Gasteiger charge is -2.02. The Kier molecular flexibility index (Phi) is 3.62. The van der Waals surface area contributed by atoms with Crippen LogP contribution in [0.3, 0.4) is 0 Å². The largest absolute Gasteiger partial charge is 0.396 e. The van der Waals surface area contributed by atoms with Crippen molar-refractivity contribution in [2.45, 2.75) is 6.54 Å². The zero-order valence-corrected chi connectivity index (χ0v) is 11.9. The summed E-state index contributed by atoms with van der Waals surface area (Å²) >= 11 is 6.17. The van der Waals surface area contributed by atoms with Gasteiger partial charge in [-0.1, -0.05) is 41.9 Å². The molecule has 3 rings (SSSR count). The number of rotatable bonds is 3. The average Bonchev–Trinajstić information content (AvgIpc) is 2.83. The van der Waals surface area contributed by atoms with Gasteiger partial charge in [-0.3, -0.25) is 4.68 Å². The van der Waals surface area contributed by atoms with Crippen LogP contribution in [0.4, 0.5) is 10.1 Å². The zero-order valence-electron chi connectivity index (χ0n) is 11.1. The van der Waals surface area contributed by atoms with Gasteiger partial charge in [0.15, 0.2) is 0 Å². The smallest absolute Gasteiger partial charge is 0.123 e. The van der Waals surface area contributed by atoms with Crippen LogP contribution in [0.2, 0.25) is 5.02 Å². The number of nitrogen functional groups attached to an aromatic ring is 1. The molecule has 21 heavy (non-hydrogen) atoms. The van der Waals surface area contributed by atoms with Crippen molar-refractivity contribution in [3.05, 3.63) is 71.1 Å². The van der Waals surface area contributed by atoms with Crippen LogP contribution >= 0.6 is 11.6 Å². The molecule has 0 atom stereocenters. The maximum absolute atomic E-state index is 12.9. The predicted octanol–water partition coefficient (Wildman–Crippen LogP) is 3.97. The fourth-order valence-electron chi connectivity index (χ4n) is 2.16. The van der Waals surface area contributed by atoms with Gasteiger partial charge in [-0.2, -0.15) is 5.10 Å². The first kappa shape index (κ1) is 13.6. The molecular formula is C16H13ClFN3. The SMILES string of the molecule is Nc1cn(Cc2ccc(F)cc2)nc1-c1ccccc1Cl. The van der Waals surface area contributed by atoms with Gasteiger partial charge in [0, 0.05) is 11.8 Å². The molecule has 0 unspecified atom stereocenters. The molecule has 0 aliphatic heterocycles. The summed E-state index contributed by atoms with van der Waals surface area (Å²) in [5, 5.41) is 5.08. The fraction of sp³-hybridized carbons (Fsp3) is 0.0625. The topological polar surface area (TPSA) is 43.8 Å². The van der Waals surface area contributed by atoms with E-state index in [4.69, 9.17) is 17.3 Å². The van der Waals surface area contributed by atoms with Gasteiger partial charge in [0.05, 0.1) is 17.3 Å². The second-order valence-electron chi connectivity index (χ2n) is 4.74.